The molecule has 0 bridgehead atoms. The van der Waals surface area contributed by atoms with Gasteiger partial charge in [0.1, 0.15) is 6.04 Å². The van der Waals surface area contributed by atoms with Crippen molar-refractivity contribution in [3.8, 4) is 0 Å². The van der Waals surface area contributed by atoms with Crippen LogP contribution in [0.5, 0.6) is 0 Å². The maximum atomic E-state index is 13.1. The predicted octanol–water partition coefficient (Wildman–Crippen LogP) is 0.722. The third kappa shape index (κ3) is 3.92. The van der Waals surface area contributed by atoms with E-state index < -0.39 is 35.3 Å². The average Bonchev–Trinajstić information content (AvgIpc) is 2.79. The van der Waals surface area contributed by atoms with E-state index in [0.717, 1.165) is 0 Å². The van der Waals surface area contributed by atoms with Crippen LogP contribution in [0.1, 0.15) is 34.6 Å². The van der Waals surface area contributed by atoms with Gasteiger partial charge in [0.15, 0.2) is 0 Å². The Hall–Kier alpha value is -1.89. The Balaban J connectivity index is 2.40. The van der Waals surface area contributed by atoms with Gasteiger partial charge in [0.2, 0.25) is 11.8 Å². The van der Waals surface area contributed by atoms with Gasteiger partial charge in [0.05, 0.1) is 25.0 Å². The van der Waals surface area contributed by atoms with Gasteiger partial charge in [0, 0.05) is 18.0 Å². The summed E-state index contributed by atoms with van der Waals surface area (Å²) in [4.78, 5) is 39.9. The van der Waals surface area contributed by atoms with E-state index in [0.29, 0.717) is 0 Å². The van der Waals surface area contributed by atoms with Crippen molar-refractivity contribution in [2.75, 3.05) is 19.8 Å². The van der Waals surface area contributed by atoms with Crippen molar-refractivity contribution in [2.24, 2.45) is 23.7 Å². The molecule has 146 valence electrons. The summed E-state index contributed by atoms with van der Waals surface area (Å²) in [5.74, 6) is -2.78. The minimum absolute atomic E-state index is 0.0613. The summed E-state index contributed by atoms with van der Waals surface area (Å²) in [6.45, 7) is 9.28. The first-order valence-corrected chi connectivity index (χ1v) is 9.20. The van der Waals surface area contributed by atoms with Gasteiger partial charge in [-0.3, -0.25) is 14.4 Å². The number of β-amino-alcohol motifs (C(OH)–C–C–N with tert-alkyl or cyclic N) is 1. The molecule has 2 rings (SSSR count). The monoisotopic (exact) mass is 366 g/mol. The number of carbonyl (C=O) groups is 3. The Kier molecular flexibility index (Phi) is 6.11. The van der Waals surface area contributed by atoms with Crippen molar-refractivity contribution in [2.45, 2.75) is 46.2 Å². The van der Waals surface area contributed by atoms with Gasteiger partial charge in [-0.2, -0.15) is 0 Å². The molecule has 0 saturated carbocycles. The fourth-order valence-corrected chi connectivity index (χ4v) is 3.98. The van der Waals surface area contributed by atoms with Gasteiger partial charge < -0.3 is 20.1 Å². The van der Waals surface area contributed by atoms with Gasteiger partial charge in [-0.1, -0.05) is 19.1 Å². The first-order chi connectivity index (χ1) is 12.1. The smallest absolute Gasteiger partial charge is 0.310 e. The van der Waals surface area contributed by atoms with Crippen molar-refractivity contribution in [3.63, 3.8) is 0 Å². The molecule has 1 heterocycles. The average molecular weight is 366 g/mol. The number of ether oxygens (including phenoxy) is 1. The molecule has 0 aromatic rings. The quantitative estimate of drug-likeness (QED) is 0.552. The lowest BCUT2D eigenvalue weighted by Gasteiger charge is -2.33. The number of allylic oxidation sites excluding steroid dienone is 1. The zero-order valence-corrected chi connectivity index (χ0v) is 16.2. The van der Waals surface area contributed by atoms with Crippen LogP contribution < -0.4 is 5.32 Å². The molecule has 1 fully saturated rings. The zero-order valence-electron chi connectivity index (χ0n) is 16.2. The van der Waals surface area contributed by atoms with Crippen LogP contribution in [0.15, 0.2) is 12.2 Å². The minimum Gasteiger partial charge on any atom is -0.466 e. The number of nitrogens with zero attached hydrogens (tertiary/aromatic N) is 1. The molecule has 0 spiro atoms. The van der Waals surface area contributed by atoms with Crippen molar-refractivity contribution in [1.82, 2.24) is 10.2 Å². The Morgan fingerprint density at radius 2 is 1.96 bits per heavy atom. The Labute approximate surface area is 154 Å². The molecule has 26 heavy (non-hydrogen) atoms. The lowest BCUT2D eigenvalue weighted by molar-refractivity contribution is -0.155. The number of amides is 2. The summed E-state index contributed by atoms with van der Waals surface area (Å²) in [7, 11) is 0. The number of nitrogens with one attached hydrogen (secondary N) is 1. The number of carbonyl (C=O) groups excluding carboxylic acids is 3. The van der Waals surface area contributed by atoms with E-state index in [4.69, 9.17) is 4.74 Å². The normalized spacial score (nSPS) is 30.9. The van der Waals surface area contributed by atoms with Crippen molar-refractivity contribution < 1.29 is 24.2 Å². The molecule has 2 aliphatic rings. The standard InChI is InChI=1S/C19H30N2O5/c1-6-26-18(25)13-11(2)7-8-12-14(13)17(24)21(9-10-22)15(12)16(23)20-19(3,4)5/h7-8,11-15,22H,6,9-10H2,1-5H3,(H,20,23)/t11-,12+,13-,14-,15+/m1/s1. The maximum absolute atomic E-state index is 13.1. The third-order valence-corrected chi connectivity index (χ3v) is 4.94. The molecule has 1 aliphatic heterocycles. The molecule has 0 unspecified atom stereocenters. The molecular weight excluding hydrogens is 336 g/mol. The summed E-state index contributed by atoms with van der Waals surface area (Å²) in [5, 5.41) is 12.3. The van der Waals surface area contributed by atoms with Crippen LogP contribution >= 0.6 is 0 Å². The number of rotatable bonds is 5. The van der Waals surface area contributed by atoms with Gasteiger partial charge >= 0.3 is 5.97 Å². The number of esters is 1. The second kappa shape index (κ2) is 7.78. The minimum atomic E-state index is -0.737. The Morgan fingerprint density at radius 3 is 2.50 bits per heavy atom. The summed E-state index contributed by atoms with van der Waals surface area (Å²) in [6, 6.07) is -0.737. The third-order valence-electron chi connectivity index (χ3n) is 4.94. The lowest BCUT2D eigenvalue weighted by atomic mass is 9.70. The summed E-state index contributed by atoms with van der Waals surface area (Å²) in [6.07, 6.45) is 3.75. The van der Waals surface area contributed by atoms with E-state index >= 15 is 0 Å². The zero-order chi connectivity index (χ0) is 19.6. The van der Waals surface area contributed by atoms with E-state index in [1.54, 1.807) is 6.92 Å². The van der Waals surface area contributed by atoms with E-state index in [1.807, 2.05) is 39.8 Å². The highest BCUT2D eigenvalue weighted by molar-refractivity contribution is 5.96. The molecule has 2 N–H and O–H groups in total. The van der Waals surface area contributed by atoms with Crippen molar-refractivity contribution in [3.05, 3.63) is 12.2 Å². The fraction of sp³-hybridized carbons (Fsp3) is 0.737. The second-order valence-corrected chi connectivity index (χ2v) is 8.06. The van der Waals surface area contributed by atoms with Crippen LogP contribution in [0.4, 0.5) is 0 Å². The van der Waals surface area contributed by atoms with E-state index in [-0.39, 0.29) is 37.5 Å². The number of aliphatic hydroxyl groups is 1. The largest absolute Gasteiger partial charge is 0.466 e. The van der Waals surface area contributed by atoms with Crippen LogP contribution in [0, 0.1) is 23.7 Å². The summed E-state index contributed by atoms with van der Waals surface area (Å²) < 4.78 is 5.19. The number of fused-ring (bicyclic) bond motifs is 1. The Bertz CT molecular complexity index is 595. The van der Waals surface area contributed by atoms with Gasteiger partial charge in [-0.15, -0.1) is 0 Å². The first kappa shape index (κ1) is 20.4. The molecule has 2 amide bonds. The molecule has 7 nitrogen and oxygen atoms in total. The molecule has 0 aromatic carbocycles. The summed E-state index contributed by atoms with van der Waals surface area (Å²) >= 11 is 0. The van der Waals surface area contributed by atoms with Crippen LogP contribution in [-0.2, 0) is 19.1 Å². The van der Waals surface area contributed by atoms with E-state index in [1.165, 1.54) is 4.90 Å². The van der Waals surface area contributed by atoms with Crippen LogP contribution in [0.2, 0.25) is 0 Å². The van der Waals surface area contributed by atoms with Crippen molar-refractivity contribution >= 4 is 17.8 Å². The van der Waals surface area contributed by atoms with Crippen LogP contribution in [0.25, 0.3) is 0 Å². The van der Waals surface area contributed by atoms with E-state index in [9.17, 15) is 19.5 Å². The molecule has 0 radical (unpaired) electrons. The number of hydrogen-bond acceptors (Lipinski definition) is 5. The molecular formula is C19H30N2O5. The predicted molar refractivity (Wildman–Crippen MR) is 95.9 cm³/mol. The van der Waals surface area contributed by atoms with E-state index in [2.05, 4.69) is 5.32 Å². The number of likely N-dealkylation sites (tertiary alicyclic amines) is 1. The molecule has 7 heteroatoms. The highest BCUT2D eigenvalue weighted by atomic mass is 16.5. The van der Waals surface area contributed by atoms with Gasteiger partial charge in [-0.05, 0) is 33.6 Å². The SMILES string of the molecule is CCOC(=O)[C@H]1[C@@H]2C(=O)N(CCO)[C@H](C(=O)NC(C)(C)C)[C@H]2C=C[C@H]1C. The maximum Gasteiger partial charge on any atom is 0.310 e. The summed E-state index contributed by atoms with van der Waals surface area (Å²) in [5.41, 5.74) is -0.449. The van der Waals surface area contributed by atoms with Crippen molar-refractivity contribution in [1.29, 1.82) is 0 Å². The van der Waals surface area contributed by atoms with Gasteiger partial charge in [0.25, 0.3) is 0 Å². The van der Waals surface area contributed by atoms with Gasteiger partial charge in [-0.25, -0.2) is 0 Å². The molecule has 5 atom stereocenters. The van der Waals surface area contributed by atoms with Crippen LogP contribution in [-0.4, -0.2) is 59.1 Å². The lowest BCUT2D eigenvalue weighted by Crippen LogP contribution is -2.53. The highest BCUT2D eigenvalue weighted by Gasteiger charge is 2.57. The second-order valence-electron chi connectivity index (χ2n) is 8.06. The number of aliphatic hydroxyl groups excluding tert-OH is 1. The molecule has 1 aliphatic carbocycles. The molecule has 0 aromatic heterocycles. The van der Waals surface area contributed by atoms with Crippen LogP contribution in [0.3, 0.4) is 0 Å². The number of hydrogen-bond donors (Lipinski definition) is 2. The topological polar surface area (TPSA) is 95.9 Å². The fourth-order valence-electron chi connectivity index (χ4n) is 3.98. The highest BCUT2D eigenvalue weighted by Crippen LogP contribution is 2.44. The first-order valence-electron chi connectivity index (χ1n) is 9.20. The molecule has 1 saturated heterocycles. The Morgan fingerprint density at radius 1 is 1.31 bits per heavy atom.